The number of nitrogens with one attached hydrogen (secondary N) is 1. The van der Waals surface area contributed by atoms with Crippen LogP contribution in [0.2, 0.25) is 0 Å². The van der Waals surface area contributed by atoms with E-state index in [9.17, 15) is 4.79 Å². The van der Waals surface area contributed by atoms with Crippen molar-refractivity contribution in [3.05, 3.63) is 53.9 Å². The van der Waals surface area contributed by atoms with Gasteiger partial charge >= 0.3 is 0 Å². The number of fused-ring (bicyclic) bond motifs is 1. The van der Waals surface area contributed by atoms with Crippen LogP contribution in [0.4, 0.5) is 0 Å². The van der Waals surface area contributed by atoms with E-state index >= 15 is 0 Å². The van der Waals surface area contributed by atoms with Gasteiger partial charge in [-0.2, -0.15) is 0 Å². The predicted molar refractivity (Wildman–Crippen MR) is 102 cm³/mol. The van der Waals surface area contributed by atoms with E-state index in [2.05, 4.69) is 10.3 Å². The molecule has 1 saturated heterocycles. The molecule has 1 fully saturated rings. The van der Waals surface area contributed by atoms with Crippen LogP contribution >= 0.6 is 0 Å². The second-order valence-corrected chi connectivity index (χ2v) is 6.95. The Bertz CT molecular complexity index is 773. The van der Waals surface area contributed by atoms with E-state index in [1.165, 1.54) is 0 Å². The lowest BCUT2D eigenvalue weighted by Gasteiger charge is -2.31. The number of ether oxygens (including phenoxy) is 2. The minimum absolute atomic E-state index is 0.0181. The zero-order valence-electron chi connectivity index (χ0n) is 15.4. The minimum atomic E-state index is 0.0181. The van der Waals surface area contributed by atoms with Crippen LogP contribution in [-0.4, -0.2) is 48.1 Å². The Kier molecular flexibility index (Phi) is 5.53. The molecule has 1 aromatic carbocycles. The Hall–Kier alpha value is -2.60. The summed E-state index contributed by atoms with van der Waals surface area (Å²) in [5, 5.41) is 3.43. The van der Waals surface area contributed by atoms with Crippen LogP contribution in [0.25, 0.3) is 0 Å². The SMILES string of the molecule is O=C(c1ccc2c(c1)OCCO2)N(Cc1ccccn1)C1CCCNCC1. The van der Waals surface area contributed by atoms with Crippen molar-refractivity contribution in [3.8, 4) is 11.5 Å². The molecule has 0 aliphatic carbocycles. The molecule has 1 unspecified atom stereocenters. The summed E-state index contributed by atoms with van der Waals surface area (Å²) in [6.45, 7) is 3.50. The smallest absolute Gasteiger partial charge is 0.254 e. The number of hydrogen-bond acceptors (Lipinski definition) is 5. The van der Waals surface area contributed by atoms with Crippen molar-refractivity contribution >= 4 is 5.91 Å². The van der Waals surface area contributed by atoms with Crippen LogP contribution in [-0.2, 0) is 6.54 Å². The molecule has 2 aliphatic rings. The molecular weight excluding hydrogens is 342 g/mol. The van der Waals surface area contributed by atoms with E-state index in [-0.39, 0.29) is 11.9 Å². The number of aromatic nitrogens is 1. The van der Waals surface area contributed by atoms with Gasteiger partial charge < -0.3 is 19.7 Å². The third-order valence-electron chi connectivity index (χ3n) is 5.09. The summed E-state index contributed by atoms with van der Waals surface area (Å²) in [5.41, 5.74) is 1.54. The van der Waals surface area contributed by atoms with Gasteiger partial charge in [-0.25, -0.2) is 0 Å². The van der Waals surface area contributed by atoms with Crippen LogP contribution in [0.15, 0.2) is 42.6 Å². The molecular formula is C21H25N3O3. The van der Waals surface area contributed by atoms with Crippen molar-refractivity contribution in [1.29, 1.82) is 0 Å². The maximum Gasteiger partial charge on any atom is 0.254 e. The van der Waals surface area contributed by atoms with Gasteiger partial charge in [0.25, 0.3) is 5.91 Å². The molecule has 2 aliphatic heterocycles. The fourth-order valence-corrected chi connectivity index (χ4v) is 3.69. The number of amides is 1. The zero-order chi connectivity index (χ0) is 18.5. The lowest BCUT2D eigenvalue weighted by atomic mass is 10.0. The second-order valence-electron chi connectivity index (χ2n) is 6.95. The molecule has 0 bridgehead atoms. The number of carbonyl (C=O) groups excluding carboxylic acids is 1. The number of hydrogen-bond donors (Lipinski definition) is 1. The molecule has 2 aromatic rings. The molecule has 0 saturated carbocycles. The molecule has 0 spiro atoms. The van der Waals surface area contributed by atoms with Gasteiger partial charge in [0.1, 0.15) is 13.2 Å². The normalized spacial score (nSPS) is 19.2. The van der Waals surface area contributed by atoms with Crippen molar-refractivity contribution < 1.29 is 14.3 Å². The lowest BCUT2D eigenvalue weighted by Crippen LogP contribution is -2.40. The summed E-state index contributed by atoms with van der Waals surface area (Å²) < 4.78 is 11.2. The van der Waals surface area contributed by atoms with E-state index in [1.54, 1.807) is 12.3 Å². The number of pyridine rings is 1. The topological polar surface area (TPSA) is 63.7 Å². The molecule has 3 heterocycles. The highest BCUT2D eigenvalue weighted by Gasteiger charge is 2.27. The second kappa shape index (κ2) is 8.39. The number of carbonyl (C=O) groups is 1. The monoisotopic (exact) mass is 367 g/mol. The highest BCUT2D eigenvalue weighted by molar-refractivity contribution is 5.95. The minimum Gasteiger partial charge on any atom is -0.486 e. The molecule has 6 nitrogen and oxygen atoms in total. The molecule has 1 N–H and O–H groups in total. The van der Waals surface area contributed by atoms with E-state index < -0.39 is 0 Å². The fraction of sp³-hybridized carbons (Fsp3) is 0.429. The first-order valence-corrected chi connectivity index (χ1v) is 9.62. The number of nitrogens with zero attached hydrogens (tertiary/aromatic N) is 2. The highest BCUT2D eigenvalue weighted by Crippen LogP contribution is 2.31. The van der Waals surface area contributed by atoms with E-state index in [0.29, 0.717) is 36.8 Å². The van der Waals surface area contributed by atoms with Gasteiger partial charge in [-0.05, 0) is 62.7 Å². The number of rotatable bonds is 4. The van der Waals surface area contributed by atoms with Crippen molar-refractivity contribution in [1.82, 2.24) is 15.2 Å². The number of benzene rings is 1. The van der Waals surface area contributed by atoms with Crippen molar-refractivity contribution in [3.63, 3.8) is 0 Å². The van der Waals surface area contributed by atoms with Gasteiger partial charge in [0.05, 0.1) is 12.2 Å². The molecule has 4 rings (SSSR count). The summed E-state index contributed by atoms with van der Waals surface area (Å²) in [6.07, 6.45) is 4.79. The summed E-state index contributed by atoms with van der Waals surface area (Å²) in [5.74, 6) is 1.37. The largest absolute Gasteiger partial charge is 0.486 e. The quantitative estimate of drug-likeness (QED) is 0.900. The lowest BCUT2D eigenvalue weighted by molar-refractivity contribution is 0.0641. The van der Waals surface area contributed by atoms with Gasteiger partial charge in [0, 0.05) is 17.8 Å². The first-order valence-electron chi connectivity index (χ1n) is 9.62. The van der Waals surface area contributed by atoms with Crippen LogP contribution in [0.1, 0.15) is 35.3 Å². The Morgan fingerprint density at radius 3 is 2.85 bits per heavy atom. The van der Waals surface area contributed by atoms with Gasteiger partial charge in [-0.15, -0.1) is 0 Å². The first kappa shape index (κ1) is 17.8. The summed E-state index contributed by atoms with van der Waals surface area (Å²) in [6, 6.07) is 11.5. The van der Waals surface area contributed by atoms with Crippen molar-refractivity contribution in [2.24, 2.45) is 0 Å². The molecule has 142 valence electrons. The molecule has 1 amide bonds. The average molecular weight is 367 g/mol. The summed E-state index contributed by atoms with van der Waals surface area (Å²) >= 11 is 0. The van der Waals surface area contributed by atoms with Gasteiger partial charge in [-0.1, -0.05) is 6.07 Å². The third-order valence-corrected chi connectivity index (χ3v) is 5.09. The van der Waals surface area contributed by atoms with Gasteiger partial charge in [-0.3, -0.25) is 9.78 Å². The fourth-order valence-electron chi connectivity index (χ4n) is 3.69. The maximum absolute atomic E-state index is 13.4. The zero-order valence-corrected chi connectivity index (χ0v) is 15.4. The Morgan fingerprint density at radius 2 is 2.00 bits per heavy atom. The summed E-state index contributed by atoms with van der Waals surface area (Å²) in [4.78, 5) is 19.8. The first-order chi connectivity index (χ1) is 13.3. The van der Waals surface area contributed by atoms with E-state index in [1.807, 2.05) is 35.2 Å². The van der Waals surface area contributed by atoms with E-state index in [0.717, 1.165) is 38.0 Å². The molecule has 0 radical (unpaired) electrons. The molecule has 27 heavy (non-hydrogen) atoms. The average Bonchev–Trinajstić information content (AvgIpc) is 3.01. The van der Waals surface area contributed by atoms with Crippen LogP contribution in [0.5, 0.6) is 11.5 Å². The Morgan fingerprint density at radius 1 is 1.11 bits per heavy atom. The Balaban J connectivity index is 1.61. The van der Waals surface area contributed by atoms with Gasteiger partial charge in [0.2, 0.25) is 0 Å². The van der Waals surface area contributed by atoms with Crippen LogP contribution in [0, 0.1) is 0 Å². The van der Waals surface area contributed by atoms with Crippen LogP contribution in [0.3, 0.4) is 0 Å². The molecule has 1 atom stereocenters. The van der Waals surface area contributed by atoms with Crippen LogP contribution < -0.4 is 14.8 Å². The van der Waals surface area contributed by atoms with Crippen molar-refractivity contribution in [2.45, 2.75) is 31.8 Å². The maximum atomic E-state index is 13.4. The third kappa shape index (κ3) is 4.22. The standard InChI is InChI=1S/C21H25N3O3/c25-21(16-6-7-19-20(14-16)27-13-12-26-19)24(15-17-4-1-2-10-23-17)18-5-3-9-22-11-8-18/h1-2,4,6-7,10,14,18,22H,3,5,8-9,11-13,15H2. The Labute approximate surface area is 159 Å². The van der Waals surface area contributed by atoms with Crippen molar-refractivity contribution in [2.75, 3.05) is 26.3 Å². The predicted octanol–water partition coefficient (Wildman–Crippen LogP) is 2.64. The summed E-state index contributed by atoms with van der Waals surface area (Å²) in [7, 11) is 0. The molecule has 6 heteroatoms. The van der Waals surface area contributed by atoms with E-state index in [4.69, 9.17) is 9.47 Å². The van der Waals surface area contributed by atoms with Gasteiger partial charge in [0.15, 0.2) is 11.5 Å². The molecule has 1 aromatic heterocycles. The highest BCUT2D eigenvalue weighted by atomic mass is 16.6.